The Morgan fingerprint density at radius 3 is 2.20 bits per heavy atom. The third-order valence-electron chi connectivity index (χ3n) is 4.32. The van der Waals surface area contributed by atoms with Gasteiger partial charge >= 0.3 is 5.97 Å². The number of benzene rings is 3. The lowest BCUT2D eigenvalue weighted by molar-refractivity contribution is -0.131. The fraction of sp³-hybridized carbons (Fsp3) is 0.154. The number of rotatable bonds is 6. The van der Waals surface area contributed by atoms with Crippen molar-refractivity contribution in [1.29, 1.82) is 0 Å². The molecule has 3 aromatic rings. The summed E-state index contributed by atoms with van der Waals surface area (Å²) in [7, 11) is 0. The van der Waals surface area contributed by atoms with Gasteiger partial charge in [0.1, 0.15) is 0 Å². The summed E-state index contributed by atoms with van der Waals surface area (Å²) in [5, 5.41) is 11.8. The van der Waals surface area contributed by atoms with Crippen LogP contribution in [-0.4, -0.2) is 17.0 Å². The third kappa shape index (κ3) is 6.74. The van der Waals surface area contributed by atoms with Crippen molar-refractivity contribution in [1.82, 2.24) is 5.32 Å². The van der Waals surface area contributed by atoms with Crippen LogP contribution in [0.25, 0.3) is 17.2 Å². The van der Waals surface area contributed by atoms with Crippen LogP contribution in [0.3, 0.4) is 0 Å². The van der Waals surface area contributed by atoms with E-state index in [1.54, 1.807) is 6.07 Å². The maximum atomic E-state index is 12.7. The van der Waals surface area contributed by atoms with E-state index < -0.39 is 5.97 Å². The highest BCUT2D eigenvalue weighted by atomic mass is 16.4. The molecule has 1 amide bonds. The third-order valence-corrected chi connectivity index (χ3v) is 4.32. The lowest BCUT2D eigenvalue weighted by atomic mass is 9.99. The number of nitrogens with one attached hydrogen (secondary N) is 1. The van der Waals surface area contributed by atoms with E-state index in [9.17, 15) is 9.59 Å². The summed E-state index contributed by atoms with van der Waals surface area (Å²) >= 11 is 0. The first-order valence-corrected chi connectivity index (χ1v) is 9.96. The number of carbonyl (C=O) groups excluding carboxylic acids is 1. The molecule has 4 heteroatoms. The van der Waals surface area contributed by atoms with Gasteiger partial charge in [-0.1, -0.05) is 74.0 Å². The van der Waals surface area contributed by atoms with Crippen molar-refractivity contribution < 1.29 is 14.7 Å². The van der Waals surface area contributed by atoms with Gasteiger partial charge in [-0.3, -0.25) is 4.79 Å². The number of carboxylic acids is 1. The molecule has 3 aromatic carbocycles. The van der Waals surface area contributed by atoms with Crippen LogP contribution in [0.5, 0.6) is 0 Å². The predicted molar refractivity (Wildman–Crippen MR) is 122 cm³/mol. The average Bonchev–Trinajstić information content (AvgIpc) is 2.79. The highest BCUT2D eigenvalue weighted by molar-refractivity contribution is 5.96. The minimum Gasteiger partial charge on any atom is -0.478 e. The molecule has 30 heavy (non-hydrogen) atoms. The molecule has 0 aliphatic heterocycles. The normalized spacial score (nSPS) is 10.2. The van der Waals surface area contributed by atoms with Crippen LogP contribution < -0.4 is 5.32 Å². The van der Waals surface area contributed by atoms with Gasteiger partial charge in [-0.2, -0.15) is 0 Å². The summed E-state index contributed by atoms with van der Waals surface area (Å²) in [5.41, 5.74) is 5.14. The van der Waals surface area contributed by atoms with Gasteiger partial charge in [-0.25, -0.2) is 4.79 Å². The standard InChI is InChI=1S/C24H21NO3.C2H6/c1-17-7-9-18(10-8-17)16-25-24(28)22-14-19(11-12-23(26)27)13-21(15-22)20-5-3-2-4-6-20;1-2/h2-15H,16H2,1H3,(H,25,28)(H,26,27);1-2H3/b12-11+;. The Balaban J connectivity index is 0.00000155. The Morgan fingerprint density at radius 2 is 1.57 bits per heavy atom. The Bertz CT molecular complexity index is 1010. The van der Waals surface area contributed by atoms with E-state index in [-0.39, 0.29) is 5.91 Å². The van der Waals surface area contributed by atoms with Crippen molar-refractivity contribution in [3.63, 3.8) is 0 Å². The maximum absolute atomic E-state index is 12.7. The van der Waals surface area contributed by atoms with Crippen molar-refractivity contribution in [2.45, 2.75) is 27.3 Å². The fourth-order valence-electron chi connectivity index (χ4n) is 2.83. The quantitative estimate of drug-likeness (QED) is 0.520. The van der Waals surface area contributed by atoms with E-state index in [1.165, 1.54) is 11.6 Å². The molecule has 4 nitrogen and oxygen atoms in total. The maximum Gasteiger partial charge on any atom is 0.328 e. The van der Waals surface area contributed by atoms with E-state index in [1.807, 2.05) is 87.5 Å². The molecule has 0 radical (unpaired) electrons. The summed E-state index contributed by atoms with van der Waals surface area (Å²) in [5.74, 6) is -1.24. The van der Waals surface area contributed by atoms with E-state index in [0.29, 0.717) is 17.7 Å². The summed E-state index contributed by atoms with van der Waals surface area (Å²) < 4.78 is 0. The molecule has 0 heterocycles. The van der Waals surface area contributed by atoms with Crippen LogP contribution in [0.2, 0.25) is 0 Å². The second-order valence-electron chi connectivity index (χ2n) is 6.55. The molecular formula is C26H27NO3. The molecule has 0 saturated heterocycles. The lowest BCUT2D eigenvalue weighted by Crippen LogP contribution is -2.22. The minimum absolute atomic E-state index is 0.205. The topological polar surface area (TPSA) is 66.4 Å². The summed E-state index contributed by atoms with van der Waals surface area (Å²) in [6.07, 6.45) is 2.56. The number of aliphatic carboxylic acids is 1. The summed E-state index contributed by atoms with van der Waals surface area (Å²) in [6, 6.07) is 23.0. The molecule has 0 aliphatic carbocycles. The van der Waals surface area contributed by atoms with Crippen LogP contribution in [0.1, 0.15) is 40.9 Å². The molecule has 0 spiro atoms. The van der Waals surface area contributed by atoms with Gasteiger partial charge in [0.05, 0.1) is 0 Å². The first-order valence-electron chi connectivity index (χ1n) is 9.96. The molecule has 0 bridgehead atoms. The number of carboxylic acid groups (broad SMARTS) is 1. The molecule has 0 aliphatic rings. The smallest absolute Gasteiger partial charge is 0.328 e. The Labute approximate surface area is 177 Å². The van der Waals surface area contributed by atoms with Crippen LogP contribution in [0.15, 0.2) is 78.9 Å². The molecule has 0 aromatic heterocycles. The number of amides is 1. The minimum atomic E-state index is -1.03. The summed E-state index contributed by atoms with van der Waals surface area (Å²) in [6.45, 7) is 6.44. The van der Waals surface area contributed by atoms with Crippen LogP contribution >= 0.6 is 0 Å². The van der Waals surface area contributed by atoms with E-state index >= 15 is 0 Å². The van der Waals surface area contributed by atoms with Gasteiger partial charge in [0.25, 0.3) is 5.91 Å². The highest BCUT2D eigenvalue weighted by Crippen LogP contribution is 2.23. The zero-order chi connectivity index (χ0) is 21.9. The van der Waals surface area contributed by atoms with E-state index in [0.717, 1.165) is 22.8 Å². The predicted octanol–water partition coefficient (Wildman–Crippen LogP) is 5.72. The van der Waals surface area contributed by atoms with E-state index in [2.05, 4.69) is 5.32 Å². The SMILES string of the molecule is CC.Cc1ccc(CNC(=O)c2cc(/C=C/C(=O)O)cc(-c3ccccc3)c2)cc1. The van der Waals surface area contributed by atoms with E-state index in [4.69, 9.17) is 5.11 Å². The van der Waals surface area contributed by atoms with Gasteiger partial charge in [0, 0.05) is 18.2 Å². The number of hydrogen-bond acceptors (Lipinski definition) is 2. The van der Waals surface area contributed by atoms with Gasteiger partial charge in [-0.15, -0.1) is 0 Å². The number of aryl methyl sites for hydroxylation is 1. The zero-order valence-corrected chi connectivity index (χ0v) is 17.6. The zero-order valence-electron chi connectivity index (χ0n) is 17.6. The molecule has 0 fully saturated rings. The molecule has 3 rings (SSSR count). The molecule has 2 N–H and O–H groups in total. The Morgan fingerprint density at radius 1 is 0.900 bits per heavy atom. The van der Waals surface area contributed by atoms with Gasteiger partial charge in [0.15, 0.2) is 0 Å². The summed E-state index contributed by atoms with van der Waals surface area (Å²) in [4.78, 5) is 23.6. The van der Waals surface area contributed by atoms with Gasteiger partial charge in [-0.05, 0) is 53.5 Å². The van der Waals surface area contributed by atoms with Gasteiger partial charge < -0.3 is 10.4 Å². The molecule has 0 saturated carbocycles. The van der Waals surface area contributed by atoms with Gasteiger partial charge in [0.2, 0.25) is 0 Å². The highest BCUT2D eigenvalue weighted by Gasteiger charge is 2.09. The molecule has 0 atom stereocenters. The second-order valence-corrected chi connectivity index (χ2v) is 6.55. The van der Waals surface area contributed by atoms with Crippen LogP contribution in [0, 0.1) is 6.92 Å². The van der Waals surface area contributed by atoms with Crippen molar-refractivity contribution >= 4 is 18.0 Å². The lowest BCUT2D eigenvalue weighted by Gasteiger charge is -2.10. The van der Waals surface area contributed by atoms with Crippen molar-refractivity contribution in [2.75, 3.05) is 0 Å². The molecular weight excluding hydrogens is 374 g/mol. The molecule has 0 unspecified atom stereocenters. The van der Waals surface area contributed by atoms with Crippen molar-refractivity contribution in [2.24, 2.45) is 0 Å². The average molecular weight is 402 g/mol. The number of carbonyl (C=O) groups is 2. The van der Waals surface area contributed by atoms with Crippen molar-refractivity contribution in [3.05, 3.63) is 101 Å². The monoisotopic (exact) mass is 401 g/mol. The second kappa shape index (κ2) is 11.4. The Kier molecular flexibility index (Phi) is 8.57. The first-order chi connectivity index (χ1) is 14.5. The van der Waals surface area contributed by atoms with Crippen LogP contribution in [-0.2, 0) is 11.3 Å². The number of hydrogen-bond donors (Lipinski definition) is 2. The largest absolute Gasteiger partial charge is 0.478 e. The van der Waals surface area contributed by atoms with Crippen molar-refractivity contribution in [3.8, 4) is 11.1 Å². The molecule has 154 valence electrons. The first kappa shape index (κ1) is 22.6. The fourth-order valence-corrected chi connectivity index (χ4v) is 2.83. The van der Waals surface area contributed by atoms with Crippen LogP contribution in [0.4, 0.5) is 0 Å². The Hall–Kier alpha value is -3.66.